The van der Waals surface area contributed by atoms with E-state index in [1.807, 2.05) is 25.1 Å². The van der Waals surface area contributed by atoms with Crippen molar-refractivity contribution in [2.45, 2.75) is 37.3 Å². The van der Waals surface area contributed by atoms with Gasteiger partial charge in [-0.1, -0.05) is 36.6 Å². The smallest absolute Gasteiger partial charge is 0.343 e. The van der Waals surface area contributed by atoms with E-state index in [0.29, 0.717) is 5.56 Å². The number of piperazine rings is 1. The van der Waals surface area contributed by atoms with Gasteiger partial charge in [0.15, 0.2) is 0 Å². The number of hydrogen-bond donors (Lipinski definition) is 1. The molecule has 1 aromatic carbocycles. The highest BCUT2D eigenvalue weighted by Gasteiger charge is 2.37. The minimum atomic E-state index is -4.24. The van der Waals surface area contributed by atoms with Crippen LogP contribution in [0.4, 0.5) is 18.9 Å². The minimum absolute atomic E-state index is 0.312. The molecule has 30 heavy (non-hydrogen) atoms. The normalized spacial score (nSPS) is 19.3. The van der Waals surface area contributed by atoms with Gasteiger partial charge in [-0.3, -0.25) is 0 Å². The van der Waals surface area contributed by atoms with Crippen molar-refractivity contribution < 1.29 is 13.2 Å². The van der Waals surface area contributed by atoms with Crippen LogP contribution in [-0.4, -0.2) is 50.3 Å². The molecular weight excluding hydrogens is 407 g/mol. The maximum absolute atomic E-state index is 13.3. The average Bonchev–Trinajstić information content (AvgIpc) is 2.73. The monoisotopic (exact) mass is 437 g/mol. The van der Waals surface area contributed by atoms with E-state index in [1.165, 1.54) is 6.92 Å². The zero-order chi connectivity index (χ0) is 21.7. The molecule has 1 aromatic rings. The Morgan fingerprint density at radius 3 is 2.63 bits per heavy atom. The number of hydrogen-bond acceptors (Lipinski definition) is 4. The quantitative estimate of drug-likeness (QED) is 0.565. The van der Waals surface area contributed by atoms with Crippen LogP contribution >= 0.6 is 11.8 Å². The molecular formula is C23H30F3N3S. The molecule has 1 N–H and O–H groups in total. The van der Waals surface area contributed by atoms with Gasteiger partial charge in [0.05, 0.1) is 11.6 Å². The summed E-state index contributed by atoms with van der Waals surface area (Å²) in [6.07, 6.45) is 2.37. The van der Waals surface area contributed by atoms with Crippen LogP contribution < -0.4 is 10.2 Å². The molecule has 2 aliphatic heterocycles. The Morgan fingerprint density at radius 2 is 1.97 bits per heavy atom. The summed E-state index contributed by atoms with van der Waals surface area (Å²) in [6.45, 7) is 12.9. The third kappa shape index (κ3) is 5.50. The molecule has 0 bridgehead atoms. The fourth-order valence-electron chi connectivity index (χ4n) is 3.78. The summed E-state index contributed by atoms with van der Waals surface area (Å²) in [6, 6.07) is 5.16. The highest BCUT2D eigenvalue weighted by Crippen LogP contribution is 2.46. The van der Waals surface area contributed by atoms with E-state index in [4.69, 9.17) is 0 Å². The van der Waals surface area contributed by atoms with Crippen LogP contribution in [0.1, 0.15) is 31.7 Å². The molecule has 1 unspecified atom stereocenters. The van der Waals surface area contributed by atoms with E-state index < -0.39 is 12.1 Å². The van der Waals surface area contributed by atoms with Crippen molar-refractivity contribution in [2.75, 3.05) is 44.2 Å². The van der Waals surface area contributed by atoms with Crippen molar-refractivity contribution in [1.82, 2.24) is 10.2 Å². The van der Waals surface area contributed by atoms with Gasteiger partial charge in [0.2, 0.25) is 0 Å². The van der Waals surface area contributed by atoms with Gasteiger partial charge < -0.3 is 15.1 Å². The number of allylic oxidation sites excluding steroid dienone is 4. The van der Waals surface area contributed by atoms with Crippen LogP contribution in [-0.2, 0) is 0 Å². The first-order valence-electron chi connectivity index (χ1n) is 10.4. The van der Waals surface area contributed by atoms with E-state index in [2.05, 4.69) is 21.7 Å². The fraction of sp³-hybridized carbons (Fsp3) is 0.478. The Balaban J connectivity index is 1.85. The lowest BCUT2D eigenvalue weighted by atomic mass is 9.99. The highest BCUT2D eigenvalue weighted by atomic mass is 32.2. The number of benzene rings is 1. The topological polar surface area (TPSA) is 18.5 Å². The predicted molar refractivity (Wildman–Crippen MR) is 120 cm³/mol. The number of halogens is 3. The highest BCUT2D eigenvalue weighted by molar-refractivity contribution is 8.03. The fourth-order valence-corrected chi connectivity index (χ4v) is 4.83. The van der Waals surface area contributed by atoms with Gasteiger partial charge >= 0.3 is 6.18 Å². The molecule has 1 fully saturated rings. The molecule has 3 rings (SSSR count). The predicted octanol–water partition coefficient (Wildman–Crippen LogP) is 5.53. The summed E-state index contributed by atoms with van der Waals surface area (Å²) in [5, 5.41) is 3.36. The first-order chi connectivity index (χ1) is 14.3. The van der Waals surface area contributed by atoms with E-state index in [9.17, 15) is 13.2 Å². The maximum Gasteiger partial charge on any atom is 0.395 e. The number of fused-ring (bicyclic) bond motifs is 1. The van der Waals surface area contributed by atoms with E-state index in [-0.39, 0.29) is 0 Å². The van der Waals surface area contributed by atoms with Crippen LogP contribution in [0, 0.1) is 0 Å². The first kappa shape index (κ1) is 23.0. The largest absolute Gasteiger partial charge is 0.395 e. The molecule has 7 heteroatoms. The van der Waals surface area contributed by atoms with Crippen molar-refractivity contribution in [3.05, 3.63) is 59.2 Å². The Bertz CT molecular complexity index is 810. The van der Waals surface area contributed by atoms with E-state index in [0.717, 1.165) is 66.9 Å². The van der Waals surface area contributed by atoms with Crippen LogP contribution in [0.25, 0.3) is 0 Å². The lowest BCUT2D eigenvalue weighted by Gasteiger charge is -2.35. The Kier molecular flexibility index (Phi) is 7.71. The number of alkyl halides is 3. The second-order valence-corrected chi connectivity index (χ2v) is 8.82. The maximum atomic E-state index is 13.3. The third-order valence-corrected chi connectivity index (χ3v) is 6.91. The van der Waals surface area contributed by atoms with Crippen LogP contribution in [0.3, 0.4) is 0 Å². The molecule has 0 aliphatic carbocycles. The molecule has 0 spiro atoms. The van der Waals surface area contributed by atoms with Crippen molar-refractivity contribution >= 4 is 17.4 Å². The van der Waals surface area contributed by atoms with Crippen molar-refractivity contribution in [3.63, 3.8) is 0 Å². The minimum Gasteiger partial charge on any atom is -0.343 e. The summed E-state index contributed by atoms with van der Waals surface area (Å²) in [5.74, 6) is -1.48. The molecule has 0 aromatic heterocycles. The van der Waals surface area contributed by atoms with Gasteiger partial charge in [-0.2, -0.15) is 13.2 Å². The molecule has 0 amide bonds. The standard InChI is InChI=1S/C23H30F3N3S/c1-4-5-7-21-18(3)29(13-6-12-28-14-10-27-11-15-28)20-16-19(8-9-22(20)30-21)17(2)23(24,25)26/h4-5,7-9,16-17,27H,1,6,10-15H2,2-3H3/b7-5-. The molecule has 0 saturated carbocycles. The molecule has 1 atom stereocenters. The summed E-state index contributed by atoms with van der Waals surface area (Å²) in [5.41, 5.74) is 2.26. The lowest BCUT2D eigenvalue weighted by molar-refractivity contribution is -0.146. The number of rotatable bonds is 7. The van der Waals surface area contributed by atoms with Gasteiger partial charge in [-0.15, -0.1) is 0 Å². The van der Waals surface area contributed by atoms with Gasteiger partial charge in [0.25, 0.3) is 0 Å². The number of thioether (sulfide) groups is 1. The molecule has 3 nitrogen and oxygen atoms in total. The van der Waals surface area contributed by atoms with Gasteiger partial charge in [0, 0.05) is 48.2 Å². The first-order valence-corrected chi connectivity index (χ1v) is 11.2. The Morgan fingerprint density at radius 1 is 1.23 bits per heavy atom. The van der Waals surface area contributed by atoms with Gasteiger partial charge in [0.1, 0.15) is 0 Å². The lowest BCUT2D eigenvalue weighted by Crippen LogP contribution is -2.44. The zero-order valence-corrected chi connectivity index (χ0v) is 18.5. The summed E-state index contributed by atoms with van der Waals surface area (Å²) in [4.78, 5) is 6.71. The number of nitrogens with zero attached hydrogens (tertiary/aromatic N) is 2. The third-order valence-electron chi connectivity index (χ3n) is 5.70. The molecule has 164 valence electrons. The number of nitrogens with one attached hydrogen (secondary N) is 1. The van der Waals surface area contributed by atoms with Gasteiger partial charge in [-0.05, 0) is 50.6 Å². The SMILES string of the molecule is C=C/C=C\C1=C(C)N(CCCN2CCNCC2)c2cc(C(C)C(F)(F)F)ccc2S1. The van der Waals surface area contributed by atoms with Crippen LogP contribution in [0.2, 0.25) is 0 Å². The second-order valence-electron chi connectivity index (χ2n) is 7.73. The van der Waals surface area contributed by atoms with E-state index in [1.54, 1.807) is 30.0 Å². The van der Waals surface area contributed by atoms with E-state index >= 15 is 0 Å². The molecule has 2 heterocycles. The molecule has 0 radical (unpaired) electrons. The Labute approximate surface area is 181 Å². The molecule has 2 aliphatic rings. The van der Waals surface area contributed by atoms with Crippen LogP contribution in [0.5, 0.6) is 0 Å². The second kappa shape index (κ2) is 10.1. The van der Waals surface area contributed by atoms with Crippen molar-refractivity contribution in [1.29, 1.82) is 0 Å². The number of anilines is 1. The summed E-state index contributed by atoms with van der Waals surface area (Å²) >= 11 is 1.60. The Hall–Kier alpha value is -1.70. The van der Waals surface area contributed by atoms with Crippen molar-refractivity contribution in [3.8, 4) is 0 Å². The average molecular weight is 438 g/mol. The zero-order valence-electron chi connectivity index (χ0n) is 17.6. The summed E-state index contributed by atoms with van der Waals surface area (Å²) < 4.78 is 39.9. The summed E-state index contributed by atoms with van der Waals surface area (Å²) in [7, 11) is 0. The van der Waals surface area contributed by atoms with Crippen LogP contribution in [0.15, 0.2) is 58.5 Å². The van der Waals surface area contributed by atoms with Crippen molar-refractivity contribution in [2.24, 2.45) is 0 Å². The molecule has 1 saturated heterocycles. The van der Waals surface area contributed by atoms with Gasteiger partial charge in [-0.25, -0.2) is 0 Å².